The molecule has 1 aliphatic heterocycles. The van der Waals surface area contributed by atoms with Crippen molar-refractivity contribution in [3.8, 4) is 0 Å². The van der Waals surface area contributed by atoms with Crippen LogP contribution in [0, 0.1) is 13.8 Å². The van der Waals surface area contributed by atoms with E-state index in [-0.39, 0.29) is 11.4 Å². The smallest absolute Gasteiger partial charge is 0.325 e. The quantitative estimate of drug-likeness (QED) is 0.899. The Hall–Kier alpha value is -1.41. The minimum atomic E-state index is -3.67. The number of aryl methyl sites for hydroxylation is 1. The SMILES string of the molecule is Cc1nn(CC(=O)O)c(C)c1S(=O)(=O)N1CCCC1(C)C. The van der Waals surface area contributed by atoms with Crippen LogP contribution in [0.2, 0.25) is 0 Å². The van der Waals surface area contributed by atoms with Crippen LogP contribution in [0.3, 0.4) is 0 Å². The maximum absolute atomic E-state index is 12.9. The maximum Gasteiger partial charge on any atom is 0.325 e. The van der Waals surface area contributed by atoms with E-state index in [0.717, 1.165) is 12.8 Å². The summed E-state index contributed by atoms with van der Waals surface area (Å²) in [6.45, 7) is 7.15. The van der Waals surface area contributed by atoms with Crippen LogP contribution in [0.1, 0.15) is 38.1 Å². The van der Waals surface area contributed by atoms with Crippen LogP contribution in [0.4, 0.5) is 0 Å². The minimum Gasteiger partial charge on any atom is -0.480 e. The van der Waals surface area contributed by atoms with Crippen molar-refractivity contribution in [1.82, 2.24) is 14.1 Å². The molecular weight excluding hydrogens is 294 g/mol. The van der Waals surface area contributed by atoms with Crippen LogP contribution in [0.5, 0.6) is 0 Å². The second kappa shape index (κ2) is 5.10. The third-order valence-corrected chi connectivity index (χ3v) is 6.34. The zero-order valence-corrected chi connectivity index (χ0v) is 13.6. The van der Waals surface area contributed by atoms with Gasteiger partial charge in [0, 0.05) is 12.1 Å². The molecule has 0 radical (unpaired) electrons. The molecule has 0 saturated carbocycles. The van der Waals surface area contributed by atoms with Gasteiger partial charge in [-0.1, -0.05) is 0 Å². The third kappa shape index (κ3) is 2.69. The Morgan fingerprint density at radius 1 is 1.38 bits per heavy atom. The van der Waals surface area contributed by atoms with Gasteiger partial charge in [-0.05, 0) is 40.5 Å². The normalized spacial score (nSPS) is 19.0. The molecule has 0 aliphatic carbocycles. The molecule has 7 nitrogen and oxygen atoms in total. The highest BCUT2D eigenvalue weighted by atomic mass is 32.2. The van der Waals surface area contributed by atoms with Gasteiger partial charge >= 0.3 is 5.97 Å². The molecule has 118 valence electrons. The summed E-state index contributed by atoms with van der Waals surface area (Å²) < 4.78 is 28.6. The maximum atomic E-state index is 12.9. The zero-order valence-electron chi connectivity index (χ0n) is 12.8. The van der Waals surface area contributed by atoms with Gasteiger partial charge in [0.2, 0.25) is 10.0 Å². The standard InChI is InChI=1S/C13H21N3O4S/c1-9-12(10(2)15(14-9)8-11(17)18)21(19,20)16-7-5-6-13(16,3)4/h5-8H2,1-4H3,(H,17,18). The van der Waals surface area contributed by atoms with Gasteiger partial charge < -0.3 is 5.11 Å². The molecule has 2 rings (SSSR count). The third-order valence-electron chi connectivity index (χ3n) is 3.97. The van der Waals surface area contributed by atoms with E-state index in [9.17, 15) is 13.2 Å². The lowest BCUT2D eigenvalue weighted by Gasteiger charge is -2.30. The fourth-order valence-electron chi connectivity index (χ4n) is 2.97. The van der Waals surface area contributed by atoms with Crippen molar-refractivity contribution in [2.75, 3.05) is 6.54 Å². The topological polar surface area (TPSA) is 92.5 Å². The van der Waals surface area contributed by atoms with Crippen molar-refractivity contribution in [2.24, 2.45) is 0 Å². The van der Waals surface area contributed by atoms with Gasteiger partial charge in [-0.2, -0.15) is 9.40 Å². The van der Waals surface area contributed by atoms with E-state index in [1.807, 2.05) is 13.8 Å². The van der Waals surface area contributed by atoms with Gasteiger partial charge in [0.05, 0.1) is 11.4 Å². The molecule has 1 aromatic rings. The van der Waals surface area contributed by atoms with Crippen molar-refractivity contribution >= 4 is 16.0 Å². The van der Waals surface area contributed by atoms with Crippen molar-refractivity contribution in [3.05, 3.63) is 11.4 Å². The second-order valence-electron chi connectivity index (χ2n) is 6.04. The highest BCUT2D eigenvalue weighted by molar-refractivity contribution is 7.89. The second-order valence-corrected chi connectivity index (χ2v) is 7.84. The van der Waals surface area contributed by atoms with Gasteiger partial charge in [0.1, 0.15) is 11.4 Å². The van der Waals surface area contributed by atoms with E-state index in [0.29, 0.717) is 17.9 Å². The van der Waals surface area contributed by atoms with Gasteiger partial charge in [0.25, 0.3) is 0 Å². The number of carbonyl (C=O) groups is 1. The Morgan fingerprint density at radius 3 is 2.48 bits per heavy atom. The highest BCUT2D eigenvalue weighted by Gasteiger charge is 2.43. The van der Waals surface area contributed by atoms with Gasteiger partial charge in [-0.3, -0.25) is 9.48 Å². The summed E-state index contributed by atoms with van der Waals surface area (Å²) in [6, 6.07) is 0. The molecule has 1 saturated heterocycles. The van der Waals surface area contributed by atoms with E-state index in [4.69, 9.17) is 5.11 Å². The fourth-order valence-corrected chi connectivity index (χ4v) is 5.20. The molecule has 1 N–H and O–H groups in total. The summed E-state index contributed by atoms with van der Waals surface area (Å²) in [7, 11) is -3.67. The van der Waals surface area contributed by atoms with Crippen molar-refractivity contribution < 1.29 is 18.3 Å². The number of hydrogen-bond acceptors (Lipinski definition) is 4. The molecule has 1 aliphatic rings. The summed E-state index contributed by atoms with van der Waals surface area (Å²) in [6.07, 6.45) is 1.64. The van der Waals surface area contributed by atoms with Gasteiger partial charge in [0.15, 0.2) is 0 Å². The summed E-state index contributed by atoms with van der Waals surface area (Å²) in [4.78, 5) is 11.0. The van der Waals surface area contributed by atoms with Crippen LogP contribution >= 0.6 is 0 Å². The van der Waals surface area contributed by atoms with Crippen molar-refractivity contribution in [3.63, 3.8) is 0 Å². The molecule has 21 heavy (non-hydrogen) atoms. The van der Waals surface area contributed by atoms with Crippen molar-refractivity contribution in [2.45, 2.75) is 57.5 Å². The first-order valence-electron chi connectivity index (χ1n) is 6.86. The average Bonchev–Trinajstić information content (AvgIpc) is 2.79. The summed E-state index contributed by atoms with van der Waals surface area (Å²) in [5, 5.41) is 12.9. The lowest BCUT2D eigenvalue weighted by Crippen LogP contribution is -2.42. The van der Waals surface area contributed by atoms with Crippen LogP contribution in [0.25, 0.3) is 0 Å². The van der Waals surface area contributed by atoms with Crippen molar-refractivity contribution in [1.29, 1.82) is 0 Å². The minimum absolute atomic E-state index is 0.138. The number of carboxylic acids is 1. The summed E-state index contributed by atoms with van der Waals surface area (Å²) >= 11 is 0. The molecule has 0 aromatic carbocycles. The summed E-state index contributed by atoms with van der Waals surface area (Å²) in [5.41, 5.74) is 0.293. The van der Waals surface area contributed by atoms with Gasteiger partial charge in [-0.25, -0.2) is 8.42 Å². The molecule has 0 unspecified atom stereocenters. The molecule has 1 aromatic heterocycles. The number of sulfonamides is 1. The molecule has 1 fully saturated rings. The van der Waals surface area contributed by atoms with Crippen LogP contribution < -0.4 is 0 Å². The molecule has 8 heteroatoms. The molecular formula is C13H21N3O4S. The van der Waals surface area contributed by atoms with Gasteiger partial charge in [-0.15, -0.1) is 0 Å². The lowest BCUT2D eigenvalue weighted by molar-refractivity contribution is -0.137. The zero-order chi connectivity index (χ0) is 16.0. The molecule has 0 amide bonds. The molecule has 0 bridgehead atoms. The first kappa shape index (κ1) is 16.0. The van der Waals surface area contributed by atoms with E-state index in [2.05, 4.69) is 5.10 Å². The van der Waals surface area contributed by atoms with Crippen LogP contribution in [-0.2, 0) is 21.4 Å². The monoisotopic (exact) mass is 315 g/mol. The first-order chi connectivity index (χ1) is 9.57. The first-order valence-corrected chi connectivity index (χ1v) is 8.30. The summed E-state index contributed by atoms with van der Waals surface area (Å²) in [5.74, 6) is -1.05. The van der Waals surface area contributed by atoms with Crippen LogP contribution in [0.15, 0.2) is 4.90 Å². The number of aromatic nitrogens is 2. The number of aliphatic carboxylic acids is 1. The predicted molar refractivity (Wildman–Crippen MR) is 76.5 cm³/mol. The Bertz CT molecular complexity index is 676. The number of rotatable bonds is 4. The average molecular weight is 315 g/mol. The molecule has 2 heterocycles. The Balaban J connectivity index is 2.51. The number of carboxylic acid groups (broad SMARTS) is 1. The van der Waals surface area contributed by atoms with E-state index >= 15 is 0 Å². The fraction of sp³-hybridized carbons (Fsp3) is 0.692. The van der Waals surface area contributed by atoms with E-state index < -0.39 is 21.5 Å². The molecule has 0 atom stereocenters. The Morgan fingerprint density at radius 2 is 2.00 bits per heavy atom. The van der Waals surface area contributed by atoms with E-state index in [1.165, 1.54) is 8.99 Å². The lowest BCUT2D eigenvalue weighted by atomic mass is 10.0. The number of hydrogen-bond donors (Lipinski definition) is 1. The van der Waals surface area contributed by atoms with Crippen LogP contribution in [-0.4, -0.2) is 45.7 Å². The number of nitrogens with zero attached hydrogens (tertiary/aromatic N) is 3. The predicted octanol–water partition coefficient (Wildman–Crippen LogP) is 1.15. The van der Waals surface area contributed by atoms with E-state index in [1.54, 1.807) is 13.8 Å². The highest BCUT2D eigenvalue weighted by Crippen LogP contribution is 2.35. The largest absolute Gasteiger partial charge is 0.480 e. The Kier molecular flexibility index (Phi) is 3.88. The Labute approximate surface area is 124 Å². The molecule has 0 spiro atoms.